The normalized spacial score (nSPS) is 15.0. The summed E-state index contributed by atoms with van der Waals surface area (Å²) in [5, 5.41) is 0. The lowest BCUT2D eigenvalue weighted by molar-refractivity contribution is 0.532. The van der Waals surface area contributed by atoms with Gasteiger partial charge in [0.25, 0.3) is 0 Å². The molecule has 21 heavy (non-hydrogen) atoms. The zero-order valence-electron chi connectivity index (χ0n) is 13.0. The van der Waals surface area contributed by atoms with E-state index in [1.807, 2.05) is 39.0 Å². The Morgan fingerprint density at radius 2 is 1.86 bits per heavy atom. The Labute approximate surface area is 134 Å². The molecular weight excluding hydrogens is 298 g/mol. The second-order valence-electron chi connectivity index (χ2n) is 6.08. The zero-order chi connectivity index (χ0) is 15.6. The van der Waals surface area contributed by atoms with Gasteiger partial charge in [0.1, 0.15) is 4.75 Å². The van der Waals surface area contributed by atoms with Crippen LogP contribution in [0.25, 0.3) is 10.4 Å². The molecule has 4 heteroatoms. The molecule has 0 spiro atoms. The van der Waals surface area contributed by atoms with Crippen molar-refractivity contribution in [3.8, 4) is 10.4 Å². The second kappa shape index (κ2) is 6.53. The van der Waals surface area contributed by atoms with Gasteiger partial charge in [-0.25, -0.2) is 0 Å². The van der Waals surface area contributed by atoms with Gasteiger partial charge in [-0.3, -0.25) is 0 Å². The first-order chi connectivity index (χ1) is 9.79. The molecule has 0 fully saturated rings. The van der Waals surface area contributed by atoms with Gasteiger partial charge in [-0.05, 0) is 57.9 Å². The summed E-state index contributed by atoms with van der Waals surface area (Å²) in [6.45, 7) is 12.0. The lowest BCUT2D eigenvalue weighted by atomic mass is 10.1. The number of hydrogen-bond donors (Lipinski definition) is 1. The predicted molar refractivity (Wildman–Crippen MR) is 93.7 cm³/mol. The third-order valence-electron chi connectivity index (χ3n) is 3.18. The van der Waals surface area contributed by atoms with Gasteiger partial charge in [-0.15, -0.1) is 16.1 Å². The number of benzene rings is 1. The molecule has 0 saturated heterocycles. The molecule has 0 bridgehead atoms. The molecule has 0 amide bonds. The van der Waals surface area contributed by atoms with E-state index < -0.39 is 11.4 Å². The molecule has 1 N–H and O–H groups in total. The van der Waals surface area contributed by atoms with Gasteiger partial charge in [-0.2, -0.15) is 0 Å². The minimum Gasteiger partial charge on any atom is -0.598 e. The molecule has 0 aliphatic rings. The number of hydrogen-bond acceptors (Lipinski definition) is 3. The minimum atomic E-state index is -1.06. The molecule has 0 saturated carbocycles. The Morgan fingerprint density at radius 1 is 1.19 bits per heavy atom. The fraction of sp³-hybridized carbons (Fsp3) is 0.353. The van der Waals surface area contributed by atoms with Crippen LogP contribution >= 0.6 is 11.3 Å². The average molecular weight is 321 g/mol. The molecule has 1 aromatic heterocycles. The minimum absolute atomic E-state index is 0.0702. The van der Waals surface area contributed by atoms with Crippen LogP contribution in [0, 0.1) is 6.92 Å². The first kappa shape index (κ1) is 16.6. The Morgan fingerprint density at radius 3 is 2.48 bits per heavy atom. The molecule has 1 aromatic carbocycles. The standard InChI is InChI=1S/C17H22NOS2/c1-12-8-6-7-9-14(12)16-11-10-15(20-16)13(2)18-21(19)17(3,4)5/h6-11,13,18H,1H2,2-5H3/t13-,21?/m1/s1. The van der Waals surface area contributed by atoms with Gasteiger partial charge in [0, 0.05) is 21.1 Å². The first-order valence-corrected chi connectivity index (χ1v) is 8.95. The van der Waals surface area contributed by atoms with Gasteiger partial charge in [0.05, 0.1) is 6.04 Å². The topological polar surface area (TPSA) is 35.1 Å². The fourth-order valence-corrected chi connectivity index (χ4v) is 3.83. The molecule has 1 heterocycles. The Kier molecular flexibility index (Phi) is 5.15. The van der Waals surface area contributed by atoms with Crippen molar-refractivity contribution in [3.63, 3.8) is 0 Å². The van der Waals surface area contributed by atoms with Crippen LogP contribution in [0.15, 0.2) is 36.4 Å². The molecule has 0 aliphatic carbocycles. The van der Waals surface area contributed by atoms with E-state index in [2.05, 4.69) is 36.8 Å². The summed E-state index contributed by atoms with van der Waals surface area (Å²) in [7, 11) is 0. The second-order valence-corrected chi connectivity index (χ2v) is 9.19. The first-order valence-electron chi connectivity index (χ1n) is 6.98. The van der Waals surface area contributed by atoms with E-state index in [-0.39, 0.29) is 10.8 Å². The van der Waals surface area contributed by atoms with E-state index >= 15 is 0 Å². The maximum atomic E-state index is 12.2. The van der Waals surface area contributed by atoms with Crippen LogP contribution in [0.2, 0.25) is 0 Å². The summed E-state index contributed by atoms with van der Waals surface area (Å²) in [4.78, 5) is 2.39. The van der Waals surface area contributed by atoms with E-state index in [1.54, 1.807) is 11.3 Å². The highest BCUT2D eigenvalue weighted by Gasteiger charge is 2.28. The molecule has 2 aromatic rings. The van der Waals surface area contributed by atoms with Crippen LogP contribution in [-0.2, 0) is 11.4 Å². The van der Waals surface area contributed by atoms with E-state index in [4.69, 9.17) is 0 Å². The number of rotatable bonds is 4. The Hall–Kier alpha value is -0.810. The summed E-state index contributed by atoms with van der Waals surface area (Å²) in [6, 6.07) is 12.4. The van der Waals surface area contributed by atoms with Crippen molar-refractivity contribution < 1.29 is 4.55 Å². The average Bonchev–Trinajstić information content (AvgIpc) is 2.87. The van der Waals surface area contributed by atoms with Crippen molar-refractivity contribution in [1.29, 1.82) is 0 Å². The molecule has 1 radical (unpaired) electrons. The van der Waals surface area contributed by atoms with Gasteiger partial charge in [0.15, 0.2) is 0 Å². The van der Waals surface area contributed by atoms with Crippen LogP contribution in [0.4, 0.5) is 0 Å². The monoisotopic (exact) mass is 320 g/mol. The molecule has 2 atom stereocenters. The van der Waals surface area contributed by atoms with E-state index in [9.17, 15) is 4.55 Å². The smallest absolute Gasteiger partial charge is 0.136 e. The predicted octanol–water partition coefficient (Wildman–Crippen LogP) is 4.71. The van der Waals surface area contributed by atoms with Crippen molar-refractivity contribution >= 4 is 22.7 Å². The fourth-order valence-electron chi connectivity index (χ4n) is 1.89. The largest absolute Gasteiger partial charge is 0.598 e. The van der Waals surface area contributed by atoms with Crippen LogP contribution in [-0.4, -0.2) is 9.30 Å². The molecule has 1 unspecified atom stereocenters. The highest BCUT2D eigenvalue weighted by atomic mass is 32.2. The third-order valence-corrected chi connectivity index (χ3v) is 6.16. The van der Waals surface area contributed by atoms with Crippen molar-refractivity contribution in [1.82, 2.24) is 4.72 Å². The van der Waals surface area contributed by atoms with Crippen LogP contribution < -0.4 is 4.72 Å². The van der Waals surface area contributed by atoms with Crippen molar-refractivity contribution in [2.45, 2.75) is 38.5 Å². The van der Waals surface area contributed by atoms with Crippen molar-refractivity contribution in [3.05, 3.63) is 53.8 Å². The quantitative estimate of drug-likeness (QED) is 0.828. The number of thiophene rings is 1. The zero-order valence-corrected chi connectivity index (χ0v) is 14.6. The van der Waals surface area contributed by atoms with Gasteiger partial charge in [-0.1, -0.05) is 24.3 Å². The molecule has 0 aliphatic heterocycles. The van der Waals surface area contributed by atoms with Crippen LogP contribution in [0.1, 0.15) is 44.2 Å². The van der Waals surface area contributed by atoms with Gasteiger partial charge < -0.3 is 4.55 Å². The van der Waals surface area contributed by atoms with Gasteiger partial charge >= 0.3 is 0 Å². The number of nitrogens with one attached hydrogen (secondary N) is 1. The van der Waals surface area contributed by atoms with Crippen molar-refractivity contribution in [2.24, 2.45) is 0 Å². The summed E-state index contributed by atoms with van der Waals surface area (Å²) < 4.78 is 15.1. The Balaban J connectivity index is 2.15. The molecular formula is C17H22NOS2. The molecule has 2 nitrogen and oxygen atoms in total. The summed E-state index contributed by atoms with van der Waals surface area (Å²) in [5.74, 6) is 0. The third kappa shape index (κ3) is 4.10. The maximum absolute atomic E-state index is 12.2. The van der Waals surface area contributed by atoms with E-state index in [0.717, 1.165) is 11.1 Å². The highest BCUT2D eigenvalue weighted by molar-refractivity contribution is 7.90. The lowest BCUT2D eigenvalue weighted by Crippen LogP contribution is -2.40. The van der Waals surface area contributed by atoms with Gasteiger partial charge in [0.2, 0.25) is 0 Å². The maximum Gasteiger partial charge on any atom is 0.136 e. The van der Waals surface area contributed by atoms with Crippen molar-refractivity contribution in [2.75, 3.05) is 0 Å². The Bertz CT molecular complexity index is 601. The SMILES string of the molecule is [CH2]c1ccccc1-c1ccc([C@@H](C)N[S+]([O-])C(C)(C)C)s1. The van der Waals surface area contributed by atoms with E-state index in [0.29, 0.717) is 0 Å². The van der Waals surface area contributed by atoms with Crippen LogP contribution in [0.5, 0.6) is 0 Å². The highest BCUT2D eigenvalue weighted by Crippen LogP contribution is 2.33. The molecule has 2 rings (SSSR count). The van der Waals surface area contributed by atoms with E-state index in [1.165, 1.54) is 9.75 Å². The summed E-state index contributed by atoms with van der Waals surface area (Å²) in [6.07, 6.45) is 0. The summed E-state index contributed by atoms with van der Waals surface area (Å²) in [5.41, 5.74) is 2.20. The molecule has 113 valence electrons. The summed E-state index contributed by atoms with van der Waals surface area (Å²) >= 11 is 0.661. The van der Waals surface area contributed by atoms with Crippen LogP contribution in [0.3, 0.4) is 0 Å². The lowest BCUT2D eigenvalue weighted by Gasteiger charge is -2.26.